The lowest BCUT2D eigenvalue weighted by Gasteiger charge is -2.36. The Morgan fingerprint density at radius 2 is 1.81 bits per heavy atom. The molecule has 2 amide bonds. The summed E-state index contributed by atoms with van der Waals surface area (Å²) in [6.07, 6.45) is -5.29. The maximum atomic E-state index is 13.3. The van der Waals surface area contributed by atoms with E-state index in [4.69, 9.17) is 11.6 Å². The van der Waals surface area contributed by atoms with Crippen LogP contribution < -0.4 is 0 Å². The Labute approximate surface area is 158 Å². The van der Waals surface area contributed by atoms with E-state index < -0.39 is 30.0 Å². The molecule has 1 aromatic rings. The molecule has 0 radical (unpaired) electrons. The second kappa shape index (κ2) is 7.91. The van der Waals surface area contributed by atoms with E-state index >= 15 is 0 Å². The summed E-state index contributed by atoms with van der Waals surface area (Å²) < 4.78 is 40.0. The van der Waals surface area contributed by atoms with Crippen LogP contribution in [0.1, 0.15) is 27.1 Å². The fourth-order valence-corrected chi connectivity index (χ4v) is 3.04. The van der Waals surface area contributed by atoms with Crippen molar-refractivity contribution in [2.45, 2.75) is 18.8 Å². The molecule has 1 heterocycles. The Balaban J connectivity index is 2.51. The summed E-state index contributed by atoms with van der Waals surface area (Å²) in [5, 5.41) is 0.0241. The van der Waals surface area contributed by atoms with E-state index in [2.05, 4.69) is 16.7 Å². The van der Waals surface area contributed by atoms with Gasteiger partial charge < -0.3 is 4.90 Å². The summed E-state index contributed by atoms with van der Waals surface area (Å²) in [7, 11) is 2.07. The van der Waals surface area contributed by atoms with Gasteiger partial charge in [0.15, 0.2) is 0 Å². The van der Waals surface area contributed by atoms with Gasteiger partial charge in [0.25, 0.3) is 11.8 Å². The van der Waals surface area contributed by atoms with Crippen LogP contribution in [0.2, 0.25) is 0 Å². The number of amidine groups is 1. The fraction of sp³-hybridized carbons (Fsp3) is 0.294. The van der Waals surface area contributed by atoms with E-state index in [1.165, 1.54) is 12.1 Å². The maximum absolute atomic E-state index is 13.3. The van der Waals surface area contributed by atoms with Crippen molar-refractivity contribution >= 4 is 36.0 Å². The minimum Gasteiger partial charge on any atom is -0.335 e. The molecule has 0 fully saturated rings. The Kier molecular flexibility index (Phi) is 6.04. The first-order valence-electron chi connectivity index (χ1n) is 7.67. The Bertz CT molecular complexity index is 801. The fourth-order valence-electron chi connectivity index (χ4n) is 2.83. The number of carbonyl (C=O) groups excluding carboxylic acids is 2. The summed E-state index contributed by atoms with van der Waals surface area (Å²) in [6.45, 7) is 3.23. The average molecular weight is 401 g/mol. The van der Waals surface area contributed by atoms with Crippen LogP contribution in [0.25, 0.3) is 0 Å². The topological polar surface area (TPSA) is 65.3 Å². The lowest BCUT2D eigenvalue weighted by atomic mass is 10.1. The van der Waals surface area contributed by atoms with Gasteiger partial charge in [-0.2, -0.15) is 13.2 Å². The van der Waals surface area contributed by atoms with Crippen LogP contribution in [0, 0.1) is 0 Å². The normalized spacial score (nSPS) is 16.4. The van der Waals surface area contributed by atoms with E-state index in [0.29, 0.717) is 4.90 Å². The van der Waals surface area contributed by atoms with Gasteiger partial charge in [0, 0.05) is 31.7 Å². The largest absolute Gasteiger partial charge is 0.449 e. The summed E-state index contributed by atoms with van der Waals surface area (Å²) in [5.41, 5.74) is 0.231. The number of carbonyl (C=O) groups is 2. The number of amides is 2. The minimum absolute atomic E-state index is 0.0241. The molecule has 1 aliphatic rings. The third-order valence-corrected chi connectivity index (χ3v) is 4.23. The number of hydrogen-bond donors (Lipinski definition) is 0. The summed E-state index contributed by atoms with van der Waals surface area (Å²) in [6, 6.07) is 6.01. The molecule has 0 saturated heterocycles. The molecule has 0 aliphatic carbocycles. The number of benzene rings is 1. The van der Waals surface area contributed by atoms with Gasteiger partial charge in [0.2, 0.25) is 5.84 Å². The van der Waals surface area contributed by atoms with E-state index in [-0.39, 0.29) is 22.6 Å². The van der Waals surface area contributed by atoms with Gasteiger partial charge in [-0.05, 0) is 18.9 Å². The summed E-state index contributed by atoms with van der Waals surface area (Å²) in [5.74, 6) is -2.66. The monoisotopic (exact) mass is 400 g/mol. The number of nitrogens with zero attached hydrogens (tertiary/aromatic N) is 4. The van der Waals surface area contributed by atoms with Crippen molar-refractivity contribution in [1.29, 1.82) is 0 Å². The molecular weight excluding hydrogens is 385 g/mol. The highest BCUT2D eigenvalue weighted by molar-refractivity contribution is 6.29. The molecule has 0 spiro atoms. The number of hydrogen-bond acceptors (Lipinski definition) is 4. The molecular formula is C17H16ClF3N4O2. The van der Waals surface area contributed by atoms with Gasteiger partial charge >= 0.3 is 6.18 Å². The first-order chi connectivity index (χ1) is 12.6. The van der Waals surface area contributed by atoms with Crippen LogP contribution >= 0.6 is 11.6 Å². The highest BCUT2D eigenvalue weighted by Gasteiger charge is 2.46. The SMILES string of the molecule is C=N/C=C(/Cl)CC(N(C)C(=NC)C(F)(F)F)N1C(=O)c2ccccc2C1=O. The van der Waals surface area contributed by atoms with Crippen molar-refractivity contribution in [2.75, 3.05) is 14.1 Å². The first-order valence-corrected chi connectivity index (χ1v) is 8.05. The van der Waals surface area contributed by atoms with Crippen LogP contribution in [-0.2, 0) is 0 Å². The standard InChI is InChI=1S/C17H16ClF3N4O2/c1-22-9-10(18)8-13(24(3)16(23-2)17(19,20)21)25-14(26)11-6-4-5-7-12(11)15(25)27/h4-7,9,13H,1,8H2,2-3H3/b10-9+,23-16?. The molecule has 2 rings (SSSR count). The Morgan fingerprint density at radius 1 is 1.30 bits per heavy atom. The highest BCUT2D eigenvalue weighted by Crippen LogP contribution is 2.31. The second-order valence-electron chi connectivity index (χ2n) is 5.63. The molecule has 27 heavy (non-hydrogen) atoms. The predicted molar refractivity (Wildman–Crippen MR) is 96.0 cm³/mol. The molecule has 0 saturated carbocycles. The van der Waals surface area contributed by atoms with Gasteiger partial charge in [-0.1, -0.05) is 23.7 Å². The van der Waals surface area contributed by atoms with Crippen molar-refractivity contribution in [3.63, 3.8) is 0 Å². The molecule has 10 heteroatoms. The van der Waals surface area contributed by atoms with Crippen LogP contribution in [-0.4, -0.2) is 60.6 Å². The van der Waals surface area contributed by atoms with Crippen LogP contribution in [0.15, 0.2) is 45.5 Å². The minimum atomic E-state index is -4.78. The van der Waals surface area contributed by atoms with Crippen molar-refractivity contribution < 1.29 is 22.8 Å². The van der Waals surface area contributed by atoms with Crippen molar-refractivity contribution in [3.8, 4) is 0 Å². The van der Waals surface area contributed by atoms with Crippen LogP contribution in [0.4, 0.5) is 13.2 Å². The van der Waals surface area contributed by atoms with Gasteiger partial charge in [-0.15, -0.1) is 0 Å². The van der Waals surface area contributed by atoms with E-state index in [1.54, 1.807) is 12.1 Å². The summed E-state index contributed by atoms with van der Waals surface area (Å²) in [4.78, 5) is 33.6. The summed E-state index contributed by atoms with van der Waals surface area (Å²) >= 11 is 6.00. The molecule has 1 unspecified atom stereocenters. The zero-order valence-electron chi connectivity index (χ0n) is 14.5. The Hall–Kier alpha value is -2.68. The van der Waals surface area contributed by atoms with E-state index in [0.717, 1.165) is 25.2 Å². The number of alkyl halides is 3. The van der Waals surface area contributed by atoms with Crippen LogP contribution in [0.5, 0.6) is 0 Å². The molecule has 1 aliphatic heterocycles. The molecule has 1 atom stereocenters. The molecule has 0 bridgehead atoms. The van der Waals surface area contributed by atoms with Crippen LogP contribution in [0.3, 0.4) is 0 Å². The number of rotatable bonds is 5. The third kappa shape index (κ3) is 4.02. The van der Waals surface area contributed by atoms with Crippen molar-refractivity contribution in [1.82, 2.24) is 9.80 Å². The highest BCUT2D eigenvalue weighted by atomic mass is 35.5. The van der Waals surface area contributed by atoms with Gasteiger partial charge in [0.1, 0.15) is 6.17 Å². The third-order valence-electron chi connectivity index (χ3n) is 3.98. The molecule has 6 nitrogen and oxygen atoms in total. The second-order valence-corrected chi connectivity index (χ2v) is 6.11. The average Bonchev–Trinajstić information content (AvgIpc) is 2.84. The van der Waals surface area contributed by atoms with Crippen molar-refractivity contribution in [2.24, 2.45) is 9.98 Å². The molecule has 0 aromatic heterocycles. The lowest BCUT2D eigenvalue weighted by Crippen LogP contribution is -2.54. The molecule has 1 aromatic carbocycles. The predicted octanol–water partition coefficient (Wildman–Crippen LogP) is 3.30. The van der Waals surface area contributed by atoms with E-state index in [1.807, 2.05) is 0 Å². The quantitative estimate of drug-likeness (QED) is 0.433. The molecule has 0 N–H and O–H groups in total. The van der Waals surface area contributed by atoms with Gasteiger partial charge in [-0.3, -0.25) is 24.5 Å². The zero-order valence-corrected chi connectivity index (χ0v) is 15.3. The number of fused-ring (bicyclic) bond motifs is 1. The lowest BCUT2D eigenvalue weighted by molar-refractivity contribution is -0.0722. The van der Waals surface area contributed by atoms with Crippen molar-refractivity contribution in [3.05, 3.63) is 46.6 Å². The maximum Gasteiger partial charge on any atom is 0.449 e. The smallest absolute Gasteiger partial charge is 0.335 e. The number of halogens is 4. The number of imide groups is 1. The van der Waals surface area contributed by atoms with Gasteiger partial charge in [0.05, 0.1) is 11.1 Å². The zero-order chi connectivity index (χ0) is 20.4. The molecule has 144 valence electrons. The van der Waals surface area contributed by atoms with E-state index in [9.17, 15) is 22.8 Å². The first kappa shape index (κ1) is 20.6. The number of aliphatic imine (C=N–C) groups is 2. The van der Waals surface area contributed by atoms with Gasteiger partial charge in [-0.25, -0.2) is 0 Å². The Morgan fingerprint density at radius 3 is 2.22 bits per heavy atom.